The van der Waals surface area contributed by atoms with Crippen LogP contribution in [0.4, 0.5) is 0 Å². The van der Waals surface area contributed by atoms with Crippen molar-refractivity contribution in [2.75, 3.05) is 19.4 Å². The number of nitrogens with zero attached hydrogens (tertiary/aromatic N) is 1. The second kappa shape index (κ2) is 9.65. The van der Waals surface area contributed by atoms with Gasteiger partial charge >= 0.3 is 0 Å². The van der Waals surface area contributed by atoms with Crippen LogP contribution in [-0.4, -0.2) is 47.1 Å². The molecule has 2 aliphatic rings. The van der Waals surface area contributed by atoms with Crippen LogP contribution >= 0.6 is 11.8 Å². The Bertz CT molecular complexity index is 915. The topological polar surface area (TPSA) is 88.4 Å². The van der Waals surface area contributed by atoms with Gasteiger partial charge < -0.3 is 15.5 Å². The average molecular weight is 444 g/mol. The third-order valence-electron chi connectivity index (χ3n) is 6.83. The van der Waals surface area contributed by atoms with Crippen LogP contribution < -0.4 is 10.5 Å². The number of imide groups is 1. The van der Waals surface area contributed by atoms with Gasteiger partial charge in [0.2, 0.25) is 11.8 Å². The first-order chi connectivity index (χ1) is 15.0. The van der Waals surface area contributed by atoms with Crippen molar-refractivity contribution in [2.24, 2.45) is 11.1 Å². The molecule has 0 radical (unpaired) electrons. The Morgan fingerprint density at radius 3 is 2.65 bits per heavy atom. The molecule has 1 saturated carbocycles. The van der Waals surface area contributed by atoms with Gasteiger partial charge in [-0.3, -0.25) is 14.5 Å². The van der Waals surface area contributed by atoms with Crippen LogP contribution in [-0.2, 0) is 9.59 Å². The van der Waals surface area contributed by atoms with Crippen molar-refractivity contribution in [3.63, 3.8) is 0 Å². The number of nitrogens with one attached hydrogen (secondary N) is 1. The highest BCUT2D eigenvalue weighted by Gasteiger charge is 2.44. The van der Waals surface area contributed by atoms with Gasteiger partial charge in [-0.1, -0.05) is 19.3 Å². The minimum absolute atomic E-state index is 0.0172. The molecule has 4 rings (SSSR count). The van der Waals surface area contributed by atoms with Gasteiger partial charge in [0.15, 0.2) is 0 Å². The monoisotopic (exact) mass is 443 g/mol. The summed E-state index contributed by atoms with van der Waals surface area (Å²) in [5, 5.41) is 1.15. The number of H-pyrrole nitrogens is 1. The number of unbranched alkanes of at least 4 members (excludes halogenated alkanes) is 1. The van der Waals surface area contributed by atoms with Crippen molar-refractivity contribution >= 4 is 34.5 Å². The van der Waals surface area contributed by atoms with E-state index in [0.717, 1.165) is 67.4 Å². The van der Waals surface area contributed by atoms with E-state index in [1.54, 1.807) is 18.9 Å². The molecule has 1 spiro atoms. The summed E-state index contributed by atoms with van der Waals surface area (Å²) in [6, 6.07) is 6.09. The smallest absolute Gasteiger partial charge is 0.229 e. The van der Waals surface area contributed by atoms with Gasteiger partial charge in [0, 0.05) is 53.2 Å². The number of nitrogens with two attached hydrogens (primary N) is 1. The normalized spacial score (nSPS) is 19.5. The first-order valence-corrected chi connectivity index (χ1v) is 12.3. The van der Waals surface area contributed by atoms with E-state index in [-0.39, 0.29) is 23.3 Å². The Morgan fingerprint density at radius 2 is 1.94 bits per heavy atom. The molecule has 1 saturated heterocycles. The van der Waals surface area contributed by atoms with Gasteiger partial charge in [-0.2, -0.15) is 0 Å². The van der Waals surface area contributed by atoms with E-state index in [1.165, 1.54) is 9.80 Å². The predicted molar refractivity (Wildman–Crippen MR) is 124 cm³/mol. The van der Waals surface area contributed by atoms with Gasteiger partial charge in [0.1, 0.15) is 5.75 Å². The maximum absolute atomic E-state index is 12.5. The fraction of sp³-hybridized carbons (Fsp3) is 0.583. The summed E-state index contributed by atoms with van der Waals surface area (Å²) >= 11 is 1.75. The maximum atomic E-state index is 12.5. The van der Waals surface area contributed by atoms with Crippen LogP contribution in [0.3, 0.4) is 0 Å². The van der Waals surface area contributed by atoms with Gasteiger partial charge in [-0.15, -0.1) is 11.8 Å². The summed E-state index contributed by atoms with van der Waals surface area (Å²) < 4.78 is 5.33. The Morgan fingerprint density at radius 1 is 1.19 bits per heavy atom. The lowest BCUT2D eigenvalue weighted by molar-refractivity contribution is -0.153. The van der Waals surface area contributed by atoms with Gasteiger partial charge in [0.25, 0.3) is 0 Å². The molecule has 1 aliphatic heterocycles. The Kier molecular flexibility index (Phi) is 6.92. The van der Waals surface area contributed by atoms with Gasteiger partial charge in [-0.05, 0) is 49.3 Å². The fourth-order valence-electron chi connectivity index (χ4n) is 5.04. The van der Waals surface area contributed by atoms with Crippen LogP contribution in [0.5, 0.6) is 5.75 Å². The summed E-state index contributed by atoms with van der Waals surface area (Å²) in [4.78, 5) is 31.1. The molecule has 1 aromatic heterocycles. The molecule has 2 amide bonds. The zero-order valence-corrected chi connectivity index (χ0v) is 19.1. The highest BCUT2D eigenvalue weighted by atomic mass is 32.2. The SMILES string of the molecule is COc1ccc2[nH]cc(SCC(N)CCCCN3C(=O)CC4(CCCC4)CC3=O)c2c1. The number of ether oxygens (including phenoxy) is 1. The van der Waals surface area contributed by atoms with E-state index in [1.807, 2.05) is 24.4 Å². The third-order valence-corrected chi connectivity index (χ3v) is 8.07. The second-order valence-electron chi connectivity index (χ2n) is 9.13. The number of carbonyl (C=O) groups is 2. The third kappa shape index (κ3) is 5.09. The zero-order chi connectivity index (χ0) is 21.8. The molecular weight excluding hydrogens is 410 g/mol. The molecule has 6 nitrogen and oxygen atoms in total. The minimum Gasteiger partial charge on any atom is -0.497 e. The number of amides is 2. The number of thioether (sulfide) groups is 1. The molecule has 0 bridgehead atoms. The number of aromatic nitrogens is 1. The van der Waals surface area contributed by atoms with Crippen LogP contribution in [0.15, 0.2) is 29.3 Å². The Labute approximate surface area is 188 Å². The molecule has 1 unspecified atom stereocenters. The summed E-state index contributed by atoms with van der Waals surface area (Å²) in [5.74, 6) is 1.74. The van der Waals surface area contributed by atoms with E-state index in [2.05, 4.69) is 4.98 Å². The summed E-state index contributed by atoms with van der Waals surface area (Å²) in [5.41, 5.74) is 7.41. The lowest BCUT2D eigenvalue weighted by Crippen LogP contribution is -2.47. The molecule has 2 heterocycles. The van der Waals surface area contributed by atoms with E-state index in [0.29, 0.717) is 19.4 Å². The number of hydrogen-bond acceptors (Lipinski definition) is 5. The number of piperidine rings is 1. The van der Waals surface area contributed by atoms with E-state index in [9.17, 15) is 9.59 Å². The van der Waals surface area contributed by atoms with Crippen LogP contribution in [0, 0.1) is 5.41 Å². The van der Waals surface area contributed by atoms with Crippen molar-refractivity contribution in [3.05, 3.63) is 24.4 Å². The van der Waals surface area contributed by atoms with Crippen molar-refractivity contribution in [2.45, 2.75) is 68.7 Å². The summed E-state index contributed by atoms with van der Waals surface area (Å²) in [6.45, 7) is 0.538. The van der Waals surface area contributed by atoms with Crippen LogP contribution in [0.2, 0.25) is 0 Å². The van der Waals surface area contributed by atoms with Crippen LogP contribution in [0.25, 0.3) is 10.9 Å². The molecule has 31 heavy (non-hydrogen) atoms. The summed E-state index contributed by atoms with van der Waals surface area (Å²) in [7, 11) is 1.67. The minimum atomic E-state index is -0.0172. The molecular formula is C24H33N3O3S. The molecule has 1 atom stereocenters. The lowest BCUT2D eigenvalue weighted by atomic mass is 9.76. The number of fused-ring (bicyclic) bond motifs is 1. The lowest BCUT2D eigenvalue weighted by Gasteiger charge is -2.37. The number of methoxy groups -OCH3 is 1. The molecule has 2 aromatic rings. The molecule has 1 aromatic carbocycles. The molecule has 7 heteroatoms. The van der Waals surface area contributed by atoms with E-state index in [4.69, 9.17) is 10.5 Å². The van der Waals surface area contributed by atoms with Gasteiger partial charge in [-0.25, -0.2) is 0 Å². The Hall–Kier alpha value is -1.99. The van der Waals surface area contributed by atoms with Crippen molar-refractivity contribution in [1.29, 1.82) is 0 Å². The van der Waals surface area contributed by atoms with Crippen molar-refractivity contribution < 1.29 is 14.3 Å². The number of carbonyl (C=O) groups excluding carboxylic acids is 2. The predicted octanol–water partition coefficient (Wildman–Crippen LogP) is 4.48. The first kappa shape index (κ1) is 22.2. The number of hydrogen-bond donors (Lipinski definition) is 2. The Balaban J connectivity index is 1.19. The molecule has 1 aliphatic carbocycles. The largest absolute Gasteiger partial charge is 0.497 e. The molecule has 168 valence electrons. The number of rotatable bonds is 9. The standard InChI is InChI=1S/C24H33N3O3S/c1-30-18-7-8-20-19(12-18)21(15-26-20)31-16-17(25)6-2-5-11-27-22(28)13-24(14-23(27)29)9-3-4-10-24/h7-8,12,15,17,26H,2-6,9-11,13-14,16,25H2,1H3. The van der Waals surface area contributed by atoms with Gasteiger partial charge in [0.05, 0.1) is 7.11 Å². The fourth-order valence-corrected chi connectivity index (χ4v) is 6.07. The van der Waals surface area contributed by atoms with Crippen LogP contribution in [0.1, 0.15) is 57.8 Å². The highest BCUT2D eigenvalue weighted by Crippen LogP contribution is 2.46. The van der Waals surface area contributed by atoms with E-state index >= 15 is 0 Å². The molecule has 3 N–H and O–H groups in total. The quantitative estimate of drug-likeness (QED) is 0.339. The summed E-state index contributed by atoms with van der Waals surface area (Å²) in [6.07, 6.45) is 10.2. The highest BCUT2D eigenvalue weighted by molar-refractivity contribution is 7.99. The number of aromatic amines is 1. The maximum Gasteiger partial charge on any atom is 0.229 e. The molecule has 2 fully saturated rings. The zero-order valence-electron chi connectivity index (χ0n) is 18.3. The first-order valence-electron chi connectivity index (χ1n) is 11.4. The second-order valence-corrected chi connectivity index (χ2v) is 10.2. The van der Waals surface area contributed by atoms with Crippen molar-refractivity contribution in [3.8, 4) is 5.75 Å². The van der Waals surface area contributed by atoms with Crippen molar-refractivity contribution in [1.82, 2.24) is 9.88 Å². The number of benzene rings is 1. The number of likely N-dealkylation sites (tertiary alicyclic amines) is 1. The van der Waals surface area contributed by atoms with E-state index < -0.39 is 0 Å². The average Bonchev–Trinajstić information content (AvgIpc) is 3.37.